The monoisotopic (exact) mass is 184 g/mol. The lowest BCUT2D eigenvalue weighted by atomic mass is 10.0. The highest BCUT2D eigenvalue weighted by molar-refractivity contribution is 6.31. The molecule has 0 aliphatic heterocycles. The summed E-state index contributed by atoms with van der Waals surface area (Å²) >= 11 is 5.68. The van der Waals surface area contributed by atoms with Gasteiger partial charge in [0, 0.05) is 0 Å². The largest absolute Gasteiger partial charge is 0.198 e. The van der Waals surface area contributed by atoms with Gasteiger partial charge in [-0.1, -0.05) is 37.3 Å². The van der Waals surface area contributed by atoms with E-state index in [1.54, 1.807) is 12.2 Å². The zero-order valence-electron chi connectivity index (χ0n) is 7.07. The van der Waals surface area contributed by atoms with E-state index in [1.165, 1.54) is 6.08 Å². The third kappa shape index (κ3) is 2.37. The molecular weight excluding hydrogens is 175 g/mol. The predicted octanol–water partition coefficient (Wildman–Crippen LogP) is 3.71. The van der Waals surface area contributed by atoms with Crippen LogP contribution in [-0.4, -0.2) is 0 Å². The molecule has 0 aromatic rings. The van der Waals surface area contributed by atoms with Gasteiger partial charge >= 0.3 is 0 Å². The minimum absolute atomic E-state index is 0.321. The fraction of sp³-hybridized carbons (Fsp3) is 0.300. The third-order valence-electron chi connectivity index (χ3n) is 1.62. The molecule has 1 aliphatic rings. The Morgan fingerprint density at radius 3 is 2.67 bits per heavy atom. The molecular formula is C10H10ClF. The van der Waals surface area contributed by atoms with Gasteiger partial charge in [0.15, 0.2) is 5.83 Å². The first-order chi connectivity index (χ1) is 5.59. The molecule has 1 rings (SSSR count). The molecule has 0 radical (unpaired) electrons. The molecule has 0 unspecified atom stereocenters. The van der Waals surface area contributed by atoms with E-state index in [0.29, 0.717) is 11.0 Å². The average Bonchev–Trinajstić information content (AvgIpc) is 2.11. The SMILES string of the molecule is CC(C)C1=CC(Cl)=C=C(F)C=C1. The van der Waals surface area contributed by atoms with Crippen LogP contribution in [0.25, 0.3) is 0 Å². The van der Waals surface area contributed by atoms with Gasteiger partial charge in [0.1, 0.15) is 0 Å². The Balaban J connectivity index is 3.03. The van der Waals surface area contributed by atoms with E-state index in [0.717, 1.165) is 5.57 Å². The van der Waals surface area contributed by atoms with Crippen molar-refractivity contribution in [2.45, 2.75) is 13.8 Å². The van der Waals surface area contributed by atoms with Gasteiger partial charge in [0.2, 0.25) is 0 Å². The van der Waals surface area contributed by atoms with Crippen molar-refractivity contribution in [3.8, 4) is 0 Å². The average molecular weight is 185 g/mol. The van der Waals surface area contributed by atoms with Crippen LogP contribution in [0.5, 0.6) is 0 Å². The van der Waals surface area contributed by atoms with Crippen LogP contribution in [0.4, 0.5) is 4.39 Å². The summed E-state index contributed by atoms with van der Waals surface area (Å²) in [5.41, 5.74) is 3.41. The molecule has 0 spiro atoms. The quantitative estimate of drug-likeness (QED) is 0.545. The second-order valence-corrected chi connectivity index (χ2v) is 3.36. The van der Waals surface area contributed by atoms with E-state index < -0.39 is 5.83 Å². The van der Waals surface area contributed by atoms with E-state index in [1.807, 2.05) is 13.8 Å². The van der Waals surface area contributed by atoms with Crippen molar-refractivity contribution in [3.05, 3.63) is 40.4 Å². The Morgan fingerprint density at radius 2 is 2.08 bits per heavy atom. The van der Waals surface area contributed by atoms with Crippen LogP contribution in [-0.2, 0) is 0 Å². The summed E-state index contributed by atoms with van der Waals surface area (Å²) in [5.74, 6) is -0.0744. The number of hydrogen-bond acceptors (Lipinski definition) is 0. The molecule has 0 atom stereocenters. The van der Waals surface area contributed by atoms with Gasteiger partial charge in [0.05, 0.1) is 5.03 Å². The molecule has 0 bridgehead atoms. The molecule has 0 aromatic carbocycles. The number of hydrogen-bond donors (Lipinski definition) is 0. The lowest BCUT2D eigenvalue weighted by Crippen LogP contribution is -1.89. The van der Waals surface area contributed by atoms with Crippen LogP contribution in [0, 0.1) is 5.92 Å². The van der Waals surface area contributed by atoms with E-state index in [9.17, 15) is 4.39 Å². The number of halogens is 2. The summed E-state index contributed by atoms with van der Waals surface area (Å²) in [6.07, 6.45) is 4.83. The van der Waals surface area contributed by atoms with E-state index >= 15 is 0 Å². The first-order valence-corrected chi connectivity index (χ1v) is 4.19. The summed E-state index contributed by atoms with van der Waals surface area (Å²) in [7, 11) is 0. The maximum atomic E-state index is 12.7. The Morgan fingerprint density at radius 1 is 1.42 bits per heavy atom. The second-order valence-electron chi connectivity index (χ2n) is 2.95. The molecule has 0 saturated carbocycles. The van der Waals surface area contributed by atoms with Gasteiger partial charge in [-0.25, -0.2) is 0 Å². The van der Waals surface area contributed by atoms with E-state index in [-0.39, 0.29) is 0 Å². The smallest absolute Gasteiger partial charge is 0.166 e. The van der Waals surface area contributed by atoms with Crippen molar-refractivity contribution in [2.75, 3.05) is 0 Å². The van der Waals surface area contributed by atoms with Crippen LogP contribution < -0.4 is 0 Å². The van der Waals surface area contributed by atoms with Crippen LogP contribution in [0.3, 0.4) is 0 Å². The Labute approximate surface area is 76.7 Å². The van der Waals surface area contributed by atoms with Crippen LogP contribution >= 0.6 is 11.6 Å². The maximum absolute atomic E-state index is 12.7. The van der Waals surface area contributed by atoms with Crippen LogP contribution in [0.1, 0.15) is 13.8 Å². The Bertz CT molecular complexity index is 302. The molecule has 2 heteroatoms. The van der Waals surface area contributed by atoms with Crippen LogP contribution in [0.15, 0.2) is 40.4 Å². The predicted molar refractivity (Wildman–Crippen MR) is 49.6 cm³/mol. The molecule has 0 nitrogen and oxygen atoms in total. The summed E-state index contributed by atoms with van der Waals surface area (Å²) in [6.45, 7) is 4.06. The normalized spacial score (nSPS) is 16.9. The van der Waals surface area contributed by atoms with Crippen molar-refractivity contribution >= 4 is 11.6 Å². The third-order valence-corrected chi connectivity index (χ3v) is 1.82. The first-order valence-electron chi connectivity index (χ1n) is 3.81. The molecule has 0 fully saturated rings. The zero-order valence-corrected chi connectivity index (χ0v) is 7.82. The highest BCUT2D eigenvalue weighted by atomic mass is 35.5. The fourth-order valence-corrected chi connectivity index (χ4v) is 1.13. The van der Waals surface area contributed by atoms with Gasteiger partial charge in [-0.15, -0.1) is 0 Å². The molecule has 0 heterocycles. The van der Waals surface area contributed by atoms with Gasteiger partial charge in [-0.2, -0.15) is 4.39 Å². The Hall–Kier alpha value is -0.780. The van der Waals surface area contributed by atoms with E-state index in [4.69, 9.17) is 11.6 Å². The molecule has 0 amide bonds. The van der Waals surface area contributed by atoms with Gasteiger partial charge in [0.25, 0.3) is 0 Å². The molecule has 0 saturated heterocycles. The summed E-state index contributed by atoms with van der Waals surface area (Å²) in [6, 6.07) is 0. The van der Waals surface area contributed by atoms with Crippen molar-refractivity contribution in [2.24, 2.45) is 5.92 Å². The molecule has 64 valence electrons. The van der Waals surface area contributed by atoms with Crippen molar-refractivity contribution in [1.29, 1.82) is 0 Å². The number of allylic oxidation sites excluding steroid dienone is 5. The summed E-state index contributed by atoms with van der Waals surface area (Å²) in [4.78, 5) is 0. The van der Waals surface area contributed by atoms with Crippen molar-refractivity contribution in [1.82, 2.24) is 0 Å². The fourth-order valence-electron chi connectivity index (χ4n) is 0.915. The topological polar surface area (TPSA) is 0 Å². The van der Waals surface area contributed by atoms with Crippen molar-refractivity contribution in [3.63, 3.8) is 0 Å². The second kappa shape index (κ2) is 3.75. The highest BCUT2D eigenvalue weighted by Crippen LogP contribution is 2.19. The minimum atomic E-state index is -0.424. The number of rotatable bonds is 1. The Kier molecular flexibility index (Phi) is 2.91. The lowest BCUT2D eigenvalue weighted by Gasteiger charge is -2.03. The maximum Gasteiger partial charge on any atom is 0.166 e. The summed E-state index contributed by atoms with van der Waals surface area (Å²) < 4.78 is 12.7. The minimum Gasteiger partial charge on any atom is -0.198 e. The van der Waals surface area contributed by atoms with Crippen molar-refractivity contribution < 1.29 is 4.39 Å². The van der Waals surface area contributed by atoms with Gasteiger partial charge in [-0.05, 0) is 23.6 Å². The van der Waals surface area contributed by atoms with E-state index in [2.05, 4.69) is 5.73 Å². The molecule has 1 aliphatic carbocycles. The molecule has 12 heavy (non-hydrogen) atoms. The standard InChI is InChI=1S/C10H10ClF/c1-7(2)8-3-4-10(12)6-9(11)5-8/h3-5,7H,1-2H3. The van der Waals surface area contributed by atoms with Gasteiger partial charge in [-0.3, -0.25) is 0 Å². The lowest BCUT2D eigenvalue weighted by molar-refractivity contribution is 0.669. The highest BCUT2D eigenvalue weighted by Gasteiger charge is 2.03. The first kappa shape index (κ1) is 9.31. The molecule has 0 aromatic heterocycles. The molecule has 0 N–H and O–H groups in total. The van der Waals surface area contributed by atoms with Gasteiger partial charge < -0.3 is 0 Å². The van der Waals surface area contributed by atoms with Crippen LogP contribution in [0.2, 0.25) is 0 Å². The summed E-state index contributed by atoms with van der Waals surface area (Å²) in [5, 5.41) is 0.321. The zero-order chi connectivity index (χ0) is 9.14.